The number of carboxylic acid groups (broad SMARTS) is 1. The molecule has 1 amide bonds. The molecule has 0 bridgehead atoms. The molecule has 1 aliphatic heterocycles. The van der Waals surface area contributed by atoms with E-state index in [0.29, 0.717) is 6.42 Å². The predicted octanol–water partition coefficient (Wildman–Crippen LogP) is 7.07. The minimum atomic E-state index is -1.78. The van der Waals surface area contributed by atoms with Gasteiger partial charge in [0.2, 0.25) is 5.91 Å². The van der Waals surface area contributed by atoms with Crippen LogP contribution in [0.2, 0.25) is 10.0 Å². The zero-order valence-corrected chi connectivity index (χ0v) is 24.7. The van der Waals surface area contributed by atoms with E-state index < -0.39 is 58.2 Å². The molecular formula is C31H26Cl2F2N4O4. The van der Waals surface area contributed by atoms with Crippen LogP contribution in [-0.2, 0) is 10.2 Å². The number of carbonyl (C=O) groups excluding carboxylic acids is 1. The SMILES string of the molecule is CC(C)(C)C[C@@H]1N[C@@H](C(=O)Nc2ccc3oc(C(=O)O)nc3c2)[C@H](c2cccc(Cl)c2F)[C@@]1(C#N)c1ccc(Cl)cc1F. The smallest absolute Gasteiger partial charge is 0.392 e. The van der Waals surface area contributed by atoms with Gasteiger partial charge in [-0.1, -0.05) is 62.2 Å². The molecule has 0 radical (unpaired) electrons. The first-order chi connectivity index (χ1) is 20.2. The number of rotatable bonds is 6. The molecule has 0 unspecified atom stereocenters. The molecule has 4 aromatic rings. The molecule has 3 N–H and O–H groups in total. The van der Waals surface area contributed by atoms with E-state index in [4.69, 9.17) is 27.6 Å². The van der Waals surface area contributed by atoms with Crippen LogP contribution in [0.1, 0.15) is 54.9 Å². The Bertz CT molecular complexity index is 1800. The lowest BCUT2D eigenvalue weighted by atomic mass is 9.62. The van der Waals surface area contributed by atoms with Crippen molar-refractivity contribution in [3.05, 3.63) is 93.3 Å². The summed E-state index contributed by atoms with van der Waals surface area (Å²) in [7, 11) is 0. The van der Waals surface area contributed by atoms with Gasteiger partial charge < -0.3 is 20.2 Å². The molecule has 43 heavy (non-hydrogen) atoms. The molecule has 4 atom stereocenters. The number of benzene rings is 3. The lowest BCUT2D eigenvalue weighted by Crippen LogP contribution is -2.45. The second-order valence-electron chi connectivity index (χ2n) is 11.7. The quantitative estimate of drug-likeness (QED) is 0.209. The Morgan fingerprint density at radius 3 is 2.56 bits per heavy atom. The molecule has 8 nitrogen and oxygen atoms in total. The van der Waals surface area contributed by atoms with Crippen molar-refractivity contribution in [2.24, 2.45) is 5.41 Å². The Morgan fingerprint density at radius 1 is 1.16 bits per heavy atom. The summed E-state index contributed by atoms with van der Waals surface area (Å²) in [6.07, 6.45) is 0.313. The third-order valence-corrected chi connectivity index (χ3v) is 8.10. The molecule has 12 heteroatoms. The number of hydrogen-bond acceptors (Lipinski definition) is 6. The van der Waals surface area contributed by atoms with Crippen LogP contribution in [0.3, 0.4) is 0 Å². The zero-order valence-electron chi connectivity index (χ0n) is 23.2. The number of nitrogens with zero attached hydrogens (tertiary/aromatic N) is 2. The highest BCUT2D eigenvalue weighted by atomic mass is 35.5. The second kappa shape index (κ2) is 11.2. The zero-order chi connectivity index (χ0) is 31.3. The maximum Gasteiger partial charge on any atom is 0.392 e. The molecule has 1 fully saturated rings. The van der Waals surface area contributed by atoms with Crippen LogP contribution in [0, 0.1) is 28.4 Å². The van der Waals surface area contributed by atoms with Crippen LogP contribution in [-0.4, -0.2) is 34.1 Å². The van der Waals surface area contributed by atoms with Gasteiger partial charge in [0.05, 0.1) is 17.1 Å². The van der Waals surface area contributed by atoms with Crippen LogP contribution in [0.5, 0.6) is 0 Å². The van der Waals surface area contributed by atoms with Crippen molar-refractivity contribution in [2.45, 2.75) is 50.6 Å². The average Bonchev–Trinajstić information content (AvgIpc) is 3.49. The summed E-state index contributed by atoms with van der Waals surface area (Å²) >= 11 is 12.2. The van der Waals surface area contributed by atoms with Gasteiger partial charge in [-0.2, -0.15) is 5.26 Å². The van der Waals surface area contributed by atoms with Gasteiger partial charge in [0, 0.05) is 28.2 Å². The molecule has 1 aromatic heterocycles. The van der Waals surface area contributed by atoms with Crippen LogP contribution in [0.25, 0.3) is 11.1 Å². The van der Waals surface area contributed by atoms with E-state index in [9.17, 15) is 20.0 Å². The van der Waals surface area contributed by atoms with Crippen LogP contribution < -0.4 is 10.6 Å². The number of nitrogens with one attached hydrogen (secondary N) is 2. The Labute approximate surface area is 255 Å². The van der Waals surface area contributed by atoms with Crippen LogP contribution in [0.15, 0.2) is 59.0 Å². The summed E-state index contributed by atoms with van der Waals surface area (Å²) < 4.78 is 36.7. The molecule has 0 aliphatic carbocycles. The van der Waals surface area contributed by atoms with Gasteiger partial charge >= 0.3 is 11.9 Å². The number of aromatic carboxylic acids is 1. The fourth-order valence-corrected chi connectivity index (χ4v) is 6.21. The lowest BCUT2D eigenvalue weighted by Gasteiger charge is -2.37. The van der Waals surface area contributed by atoms with E-state index >= 15 is 8.78 Å². The van der Waals surface area contributed by atoms with Gasteiger partial charge in [0.15, 0.2) is 5.58 Å². The number of hydrogen-bond donors (Lipinski definition) is 3. The first-order valence-corrected chi connectivity index (χ1v) is 14.0. The lowest BCUT2D eigenvalue weighted by molar-refractivity contribution is -0.118. The standard InChI is InChI=1S/C31H26Cl2F2N4O4/c1-30(2,3)13-23-31(14-36,18-9-7-15(32)11-20(18)34)24(17-5-4-6-19(33)25(17)35)26(39-23)27(40)37-16-8-10-22-21(12-16)38-28(43-22)29(41)42/h4-12,23-24,26,39H,13H2,1-3H3,(H,37,40)(H,41,42)/t23-,24-,26+,31-/m0/s1. The maximum atomic E-state index is 15.8. The molecule has 0 saturated carbocycles. The normalized spacial score (nSPS) is 22.0. The summed E-state index contributed by atoms with van der Waals surface area (Å²) in [5, 5.41) is 26.0. The van der Waals surface area contributed by atoms with E-state index in [1.165, 1.54) is 48.5 Å². The minimum Gasteiger partial charge on any atom is -0.474 e. The molecule has 222 valence electrons. The largest absolute Gasteiger partial charge is 0.474 e. The Kier molecular flexibility index (Phi) is 7.94. The summed E-state index contributed by atoms with van der Waals surface area (Å²) in [6.45, 7) is 5.82. The molecule has 3 aromatic carbocycles. The van der Waals surface area contributed by atoms with E-state index in [1.54, 1.807) is 0 Å². The van der Waals surface area contributed by atoms with Gasteiger partial charge in [-0.25, -0.2) is 18.6 Å². The molecular weight excluding hydrogens is 601 g/mol. The third-order valence-electron chi connectivity index (χ3n) is 7.57. The highest BCUT2D eigenvalue weighted by molar-refractivity contribution is 6.31. The van der Waals surface area contributed by atoms with Crippen LogP contribution >= 0.6 is 23.2 Å². The number of amides is 1. The molecule has 1 saturated heterocycles. The topological polar surface area (TPSA) is 128 Å². The molecule has 5 rings (SSSR count). The first-order valence-electron chi connectivity index (χ1n) is 13.3. The Hall–Kier alpha value is -4.04. The first kappa shape index (κ1) is 30.4. The molecule has 1 aliphatic rings. The molecule has 2 heterocycles. The Morgan fingerprint density at radius 2 is 1.91 bits per heavy atom. The van der Waals surface area contributed by atoms with Gasteiger partial charge in [0.25, 0.3) is 0 Å². The number of anilines is 1. The highest BCUT2D eigenvalue weighted by Gasteiger charge is 2.61. The van der Waals surface area contributed by atoms with E-state index in [2.05, 4.69) is 21.7 Å². The fourth-order valence-electron chi connectivity index (χ4n) is 5.87. The number of nitriles is 1. The number of oxazole rings is 1. The number of halogens is 4. The van der Waals surface area contributed by atoms with Crippen molar-refractivity contribution in [3.8, 4) is 6.07 Å². The maximum absolute atomic E-state index is 15.8. The van der Waals surface area contributed by atoms with Crippen LogP contribution in [0.4, 0.5) is 14.5 Å². The summed E-state index contributed by atoms with van der Waals surface area (Å²) in [5.74, 6) is -5.35. The summed E-state index contributed by atoms with van der Waals surface area (Å²) in [4.78, 5) is 29.2. The Balaban J connectivity index is 1.67. The third kappa shape index (κ3) is 5.56. The van der Waals surface area contributed by atoms with Gasteiger partial charge in [-0.3, -0.25) is 4.79 Å². The summed E-state index contributed by atoms with van der Waals surface area (Å²) in [5.41, 5.74) is -1.62. The van der Waals surface area contributed by atoms with Gasteiger partial charge in [-0.05, 0) is 53.8 Å². The van der Waals surface area contributed by atoms with E-state index in [1.807, 2.05) is 20.8 Å². The number of aromatic nitrogens is 1. The van der Waals surface area contributed by atoms with Crippen molar-refractivity contribution in [3.63, 3.8) is 0 Å². The summed E-state index contributed by atoms with van der Waals surface area (Å²) in [6, 6.07) is 12.8. The van der Waals surface area contributed by atoms with Gasteiger partial charge in [0.1, 0.15) is 22.6 Å². The fraction of sp³-hybridized carbons (Fsp3) is 0.290. The monoisotopic (exact) mass is 626 g/mol. The van der Waals surface area contributed by atoms with E-state index in [0.717, 1.165) is 6.07 Å². The van der Waals surface area contributed by atoms with Crippen molar-refractivity contribution >= 4 is 51.9 Å². The van der Waals surface area contributed by atoms with Crippen molar-refractivity contribution in [2.75, 3.05) is 5.32 Å². The minimum absolute atomic E-state index is 0.0361. The number of carboxylic acids is 1. The average molecular weight is 627 g/mol. The van der Waals surface area contributed by atoms with Crippen molar-refractivity contribution < 1.29 is 27.9 Å². The van der Waals surface area contributed by atoms with E-state index in [-0.39, 0.29) is 38.0 Å². The van der Waals surface area contributed by atoms with Gasteiger partial charge in [-0.15, -0.1) is 0 Å². The highest BCUT2D eigenvalue weighted by Crippen LogP contribution is 2.53. The predicted molar refractivity (Wildman–Crippen MR) is 157 cm³/mol. The van der Waals surface area contributed by atoms with Crippen molar-refractivity contribution in [1.82, 2.24) is 10.3 Å². The van der Waals surface area contributed by atoms with Crippen molar-refractivity contribution in [1.29, 1.82) is 5.26 Å². The number of fused-ring (bicyclic) bond motifs is 1. The molecule has 0 spiro atoms. The second-order valence-corrected chi connectivity index (χ2v) is 12.5. The number of carbonyl (C=O) groups is 2.